The zero-order valence-corrected chi connectivity index (χ0v) is 12.5. The molecule has 0 saturated heterocycles. The molecule has 0 aliphatic rings. The van der Waals surface area contributed by atoms with Crippen LogP contribution in [0.25, 0.3) is 0 Å². The van der Waals surface area contributed by atoms with Gasteiger partial charge in [-0.2, -0.15) is 10.5 Å². The van der Waals surface area contributed by atoms with E-state index < -0.39 is 15.2 Å². The maximum atomic E-state index is 7.32. The van der Waals surface area contributed by atoms with E-state index in [1.165, 1.54) is 13.8 Å². The van der Waals surface area contributed by atoms with Crippen LogP contribution in [-0.2, 0) is 15.2 Å². The molecule has 0 fully saturated rings. The van der Waals surface area contributed by atoms with Crippen molar-refractivity contribution in [1.82, 2.24) is 0 Å². The van der Waals surface area contributed by atoms with E-state index in [-0.39, 0.29) is 0 Å². The molecule has 0 heterocycles. The van der Waals surface area contributed by atoms with Gasteiger partial charge in [0.2, 0.25) is 0 Å². The Balaban J connectivity index is -0.0000000933. The minimum atomic E-state index is -3.39. The van der Waals surface area contributed by atoms with Crippen LogP contribution in [0.15, 0.2) is 0 Å². The third-order valence-corrected chi connectivity index (χ3v) is 0. The number of rotatable bonds is 0. The van der Waals surface area contributed by atoms with Gasteiger partial charge in [-0.25, -0.2) is 0 Å². The second-order valence-electron chi connectivity index (χ2n) is 0.876. The van der Waals surface area contributed by atoms with E-state index in [1.807, 2.05) is 0 Å². The van der Waals surface area contributed by atoms with Crippen LogP contribution in [0.1, 0.15) is 13.8 Å². The normalized spacial score (nSPS) is 6.91. The van der Waals surface area contributed by atoms with Crippen LogP contribution < -0.4 is 0 Å². The van der Waals surface area contributed by atoms with Gasteiger partial charge in [0.1, 0.15) is 0 Å². The van der Waals surface area contributed by atoms with Crippen molar-refractivity contribution in [1.29, 1.82) is 10.5 Å². The van der Waals surface area contributed by atoms with Crippen LogP contribution in [-0.4, -0.2) is 0 Å². The Hall–Kier alpha value is 1.01. The molecule has 0 rings (SSSR count). The average Bonchev–Trinajstić information content (AvgIpc) is 1.62. The van der Waals surface area contributed by atoms with Gasteiger partial charge in [-0.1, -0.05) is 0 Å². The van der Waals surface area contributed by atoms with E-state index >= 15 is 0 Å². The van der Waals surface area contributed by atoms with E-state index in [0.29, 0.717) is 0 Å². The van der Waals surface area contributed by atoms with E-state index in [2.05, 4.69) is 0 Å². The van der Waals surface area contributed by atoms with Crippen LogP contribution in [0.3, 0.4) is 0 Å². The molecule has 0 aromatic rings. The summed E-state index contributed by atoms with van der Waals surface area (Å²) in [6.07, 6.45) is 0. The maximum absolute atomic E-state index is 7.32. The van der Waals surface area contributed by atoms with Gasteiger partial charge in [-0.15, -0.1) is 0 Å². The molecule has 0 N–H and O–H groups in total. The first-order valence-corrected chi connectivity index (χ1v) is 20.0. The summed E-state index contributed by atoms with van der Waals surface area (Å²) in [6, 6.07) is 3.50. The number of hydrogen-bond acceptors (Lipinski definition) is 2. The van der Waals surface area contributed by atoms with Crippen molar-refractivity contribution in [3.05, 3.63) is 0 Å². The van der Waals surface area contributed by atoms with Crippen LogP contribution in [0, 0.1) is 22.7 Å². The van der Waals surface area contributed by atoms with E-state index in [4.69, 9.17) is 44.8 Å². The molecule has 0 amide bonds. The molecule has 0 saturated carbocycles. The molecule has 0 radical (unpaired) electrons. The Morgan fingerprint density at radius 3 is 0.909 bits per heavy atom. The second-order valence-corrected chi connectivity index (χ2v) is 32.0. The molecule has 0 aromatic heterocycles. The zero-order chi connectivity index (χ0) is 9.91. The third kappa shape index (κ3) is 876. The van der Waals surface area contributed by atoms with Gasteiger partial charge < -0.3 is 0 Å². The van der Waals surface area contributed by atoms with Crippen molar-refractivity contribution in [3.8, 4) is 12.1 Å². The van der Waals surface area contributed by atoms with Crippen molar-refractivity contribution in [2.45, 2.75) is 13.8 Å². The molecule has 11 heavy (non-hydrogen) atoms. The topological polar surface area (TPSA) is 47.6 Å². The standard InChI is InChI=1S/2C2H3N.4ClH.Hf/c2*1-2-3;;;;;/h2*1H3;4*1H;/q;;;;;;+4/p-4. The van der Waals surface area contributed by atoms with Crippen molar-refractivity contribution < 1.29 is 15.2 Å². The van der Waals surface area contributed by atoms with Crippen LogP contribution in [0.5, 0.6) is 0 Å². The fraction of sp³-hybridized carbons (Fsp3) is 0.500. The number of halogens is 4. The number of nitrogens with zero attached hydrogens (tertiary/aromatic N) is 2. The summed E-state index contributed by atoms with van der Waals surface area (Å²) in [5.74, 6) is 0. The zero-order valence-electron chi connectivity index (χ0n) is 5.91. The fourth-order valence-electron chi connectivity index (χ4n) is 0. The van der Waals surface area contributed by atoms with Gasteiger partial charge in [0.25, 0.3) is 0 Å². The Labute approximate surface area is 85.2 Å². The SMILES string of the molecule is CC#N.CC#N.[Cl][Hf]([Cl])([Cl])[Cl]. The molecule has 2 nitrogen and oxygen atoms in total. The van der Waals surface area contributed by atoms with Gasteiger partial charge in [0, 0.05) is 13.8 Å². The Bertz CT molecular complexity index is 124. The summed E-state index contributed by atoms with van der Waals surface area (Å²) in [5, 5.41) is 14.6. The first kappa shape index (κ1) is 17.9. The predicted octanol–water partition coefficient (Wildman–Crippen LogP) is 3.82. The van der Waals surface area contributed by atoms with Crippen LogP contribution in [0.4, 0.5) is 0 Å². The Morgan fingerprint density at radius 1 is 0.909 bits per heavy atom. The molecule has 0 aliphatic heterocycles. The summed E-state index contributed by atoms with van der Waals surface area (Å²) in [5.41, 5.74) is 0. The predicted molar refractivity (Wildman–Crippen MR) is 46.0 cm³/mol. The molecular weight excluding hydrogens is 396 g/mol. The summed E-state index contributed by atoms with van der Waals surface area (Å²) >= 11 is -3.39. The van der Waals surface area contributed by atoms with E-state index in [9.17, 15) is 0 Å². The Kier molecular flexibility index (Phi) is 22.2. The van der Waals surface area contributed by atoms with Gasteiger partial charge in [0.15, 0.2) is 0 Å². The van der Waals surface area contributed by atoms with Crippen molar-refractivity contribution in [2.75, 3.05) is 0 Å². The minimum absolute atomic E-state index is 1.43. The molecular formula is C4H6Cl4HfN2. The quantitative estimate of drug-likeness (QED) is 0.579. The fourth-order valence-corrected chi connectivity index (χ4v) is 0. The summed E-state index contributed by atoms with van der Waals surface area (Å²) in [6.45, 7) is 2.86. The van der Waals surface area contributed by atoms with Crippen molar-refractivity contribution in [3.63, 3.8) is 0 Å². The number of hydrogen-bond donors (Lipinski definition) is 0. The monoisotopic (exact) mass is 402 g/mol. The molecule has 7 heteroatoms. The van der Waals surface area contributed by atoms with Gasteiger partial charge in [-0.05, 0) is 0 Å². The molecule has 0 atom stereocenters. The van der Waals surface area contributed by atoms with Crippen LogP contribution in [0.2, 0.25) is 0 Å². The molecule has 0 aliphatic carbocycles. The molecule has 0 unspecified atom stereocenters. The third-order valence-electron chi connectivity index (χ3n) is 0. The second kappa shape index (κ2) is 13.6. The molecule has 0 aromatic carbocycles. The van der Waals surface area contributed by atoms with E-state index in [0.717, 1.165) is 0 Å². The number of nitriles is 2. The summed E-state index contributed by atoms with van der Waals surface area (Å²) < 4.78 is 0. The molecule has 64 valence electrons. The summed E-state index contributed by atoms with van der Waals surface area (Å²) in [4.78, 5) is 0. The van der Waals surface area contributed by atoms with Gasteiger partial charge in [-0.3, -0.25) is 0 Å². The average molecular weight is 402 g/mol. The van der Waals surface area contributed by atoms with Crippen LogP contribution >= 0.6 is 34.3 Å². The molecule has 0 bridgehead atoms. The van der Waals surface area contributed by atoms with Crippen molar-refractivity contribution >= 4 is 34.3 Å². The Morgan fingerprint density at radius 2 is 0.909 bits per heavy atom. The first-order chi connectivity index (χ1) is 4.83. The molecule has 0 spiro atoms. The van der Waals surface area contributed by atoms with Gasteiger partial charge >= 0.3 is 49.5 Å². The van der Waals surface area contributed by atoms with E-state index in [1.54, 1.807) is 12.1 Å². The van der Waals surface area contributed by atoms with Gasteiger partial charge in [0.05, 0.1) is 12.1 Å². The summed E-state index contributed by atoms with van der Waals surface area (Å²) in [7, 11) is 20.2. The van der Waals surface area contributed by atoms with Crippen molar-refractivity contribution in [2.24, 2.45) is 0 Å². The first-order valence-electron chi connectivity index (χ1n) is 2.20.